The van der Waals surface area contributed by atoms with Crippen molar-refractivity contribution in [2.75, 3.05) is 33.4 Å². The van der Waals surface area contributed by atoms with Gasteiger partial charge >= 0.3 is 0 Å². The van der Waals surface area contributed by atoms with Gasteiger partial charge in [-0.2, -0.15) is 0 Å². The average Bonchev–Trinajstić information content (AvgIpc) is 3.77. The summed E-state index contributed by atoms with van der Waals surface area (Å²) in [6.45, 7) is 9.61. The van der Waals surface area contributed by atoms with Crippen LogP contribution < -0.4 is 30.2 Å². The van der Waals surface area contributed by atoms with Crippen LogP contribution in [0.5, 0.6) is 17.2 Å². The molecule has 0 saturated carbocycles. The molecule has 4 bridgehead atoms. The minimum atomic E-state index is -1.19. The van der Waals surface area contributed by atoms with Gasteiger partial charge < -0.3 is 35.3 Å². The first-order chi connectivity index (χ1) is 24.6. The predicted octanol–water partition coefficient (Wildman–Crippen LogP) is 2.61. The molecular weight excluding hydrogens is 654 g/mol. The zero-order valence-electron chi connectivity index (χ0n) is 30.0. The van der Waals surface area contributed by atoms with E-state index in [2.05, 4.69) is 49.4 Å². The lowest BCUT2D eigenvalue weighted by molar-refractivity contribution is -0.132. The number of nitrogens with one attached hydrogen (secondary N) is 3. The Labute approximate surface area is 299 Å². The molecule has 276 valence electrons. The van der Waals surface area contributed by atoms with Gasteiger partial charge in [-0.15, -0.1) is 5.10 Å². The normalized spacial score (nSPS) is 20.5. The van der Waals surface area contributed by atoms with E-state index in [1.54, 1.807) is 22.9 Å². The summed E-state index contributed by atoms with van der Waals surface area (Å²) in [5.41, 5.74) is 3.35. The van der Waals surface area contributed by atoms with Crippen LogP contribution in [0.25, 0.3) is 0 Å². The highest BCUT2D eigenvalue weighted by Gasteiger charge is 2.30. The highest BCUT2D eigenvalue weighted by molar-refractivity contribution is 5.99. The Morgan fingerprint density at radius 1 is 0.961 bits per heavy atom. The van der Waals surface area contributed by atoms with E-state index < -0.39 is 35.9 Å². The van der Waals surface area contributed by atoms with Gasteiger partial charge in [0.15, 0.2) is 11.5 Å². The Bertz CT molecular complexity index is 1640. The number of methoxy groups -OCH3 is 1. The summed E-state index contributed by atoms with van der Waals surface area (Å²) in [5, 5.41) is 27.4. The largest absolute Gasteiger partial charge is 0.493 e. The van der Waals surface area contributed by atoms with Crippen LogP contribution in [0.4, 0.5) is 0 Å². The highest BCUT2D eigenvalue weighted by Crippen LogP contribution is 2.29. The lowest BCUT2D eigenvalue weighted by atomic mass is 10.0. The van der Waals surface area contributed by atoms with Crippen LogP contribution in [0.15, 0.2) is 42.6 Å². The van der Waals surface area contributed by atoms with Crippen molar-refractivity contribution in [2.45, 2.75) is 90.8 Å². The SMILES string of the molecule is COc1ccc2cc1OCc1cn(nn1)CCCN(Cc1ccc3c(c1)CCO3)CCCCNC(=O)[C@H]([C@@H](C)O)NC(=O)[C@@H](CC(C)C)NC2=O. The third-order valence-electron chi connectivity index (χ3n) is 9.00. The summed E-state index contributed by atoms with van der Waals surface area (Å²) in [7, 11) is 1.51. The highest BCUT2D eigenvalue weighted by atomic mass is 16.5. The number of carbonyl (C=O) groups excluding carboxylic acids is 3. The van der Waals surface area contributed by atoms with Crippen LogP contribution in [0.1, 0.15) is 73.6 Å². The molecule has 0 fully saturated rings. The molecule has 0 radical (unpaired) electrons. The van der Waals surface area contributed by atoms with Crippen molar-refractivity contribution < 1.29 is 33.7 Å². The number of rotatable bonds is 6. The van der Waals surface area contributed by atoms with Crippen molar-refractivity contribution in [3.8, 4) is 17.2 Å². The molecule has 3 amide bonds. The van der Waals surface area contributed by atoms with E-state index in [1.807, 2.05) is 20.0 Å². The third-order valence-corrected chi connectivity index (χ3v) is 9.00. The van der Waals surface area contributed by atoms with Gasteiger partial charge in [0.1, 0.15) is 30.1 Å². The molecule has 3 atom stereocenters. The first-order valence-corrected chi connectivity index (χ1v) is 17.8. The van der Waals surface area contributed by atoms with Gasteiger partial charge in [-0.3, -0.25) is 24.0 Å². The Kier molecular flexibility index (Phi) is 13.3. The van der Waals surface area contributed by atoms with Gasteiger partial charge in [0, 0.05) is 38.2 Å². The first-order valence-electron chi connectivity index (χ1n) is 17.8. The number of nitrogens with zero attached hydrogens (tertiary/aromatic N) is 4. The number of aliphatic hydroxyl groups excluding tert-OH is 1. The number of hydrogen-bond donors (Lipinski definition) is 4. The van der Waals surface area contributed by atoms with Gasteiger partial charge in [0.25, 0.3) is 5.91 Å². The van der Waals surface area contributed by atoms with Crippen molar-refractivity contribution in [2.24, 2.45) is 5.92 Å². The van der Waals surface area contributed by atoms with Crippen molar-refractivity contribution in [3.63, 3.8) is 0 Å². The summed E-state index contributed by atoms with van der Waals surface area (Å²) in [6.07, 6.45) is 4.31. The van der Waals surface area contributed by atoms with Gasteiger partial charge in [-0.25, -0.2) is 0 Å². The standard InChI is InChI=1S/C37H51N7O7/c1-24(2)18-30-36(47)40-34(25(3)45)37(48)38-13-5-6-14-43(21-26-8-10-31-27(19-26)12-17-50-31)15-7-16-44-22-29(41-42-44)23-51-33-20-28(35(46)39-30)9-11-32(33)49-4/h8-11,19-20,22,24-25,30,34,45H,5-7,12-18,21,23H2,1-4H3,(H,38,48)(H,39,46)(H,40,47)/t25-,30-,34+/m1/s1. The molecule has 0 unspecified atom stereocenters. The van der Waals surface area contributed by atoms with Gasteiger partial charge in [0.05, 0.1) is 26.0 Å². The second-order valence-electron chi connectivity index (χ2n) is 13.7. The number of fused-ring (bicyclic) bond motifs is 5. The third kappa shape index (κ3) is 10.7. The van der Waals surface area contributed by atoms with Crippen LogP contribution in [0, 0.1) is 5.92 Å². The molecule has 1 aromatic heterocycles. The lowest BCUT2D eigenvalue weighted by Gasteiger charge is -2.26. The second kappa shape index (κ2) is 18.0. The number of aromatic nitrogens is 3. The smallest absolute Gasteiger partial charge is 0.252 e. The molecular formula is C37H51N7O7. The molecule has 14 nitrogen and oxygen atoms in total. The number of hydrogen-bond acceptors (Lipinski definition) is 10. The fourth-order valence-electron chi connectivity index (χ4n) is 6.30. The van der Waals surface area contributed by atoms with E-state index in [1.165, 1.54) is 25.2 Å². The van der Waals surface area contributed by atoms with Crippen LogP contribution in [-0.4, -0.2) is 94.3 Å². The number of aryl methyl sites for hydroxylation is 1. The molecule has 14 heteroatoms. The average molecular weight is 706 g/mol. The van der Waals surface area contributed by atoms with Crippen LogP contribution in [0.3, 0.4) is 0 Å². The Morgan fingerprint density at radius 3 is 2.57 bits per heavy atom. The van der Waals surface area contributed by atoms with E-state index in [0.717, 1.165) is 44.6 Å². The Balaban J connectivity index is 1.35. The maximum Gasteiger partial charge on any atom is 0.252 e. The number of aliphatic hydroxyl groups is 1. The molecule has 2 aliphatic heterocycles. The molecule has 5 rings (SSSR count). The minimum Gasteiger partial charge on any atom is -0.493 e. The fraction of sp³-hybridized carbons (Fsp3) is 0.541. The lowest BCUT2D eigenvalue weighted by Crippen LogP contribution is -2.57. The van der Waals surface area contributed by atoms with Crippen LogP contribution in [0.2, 0.25) is 0 Å². The maximum absolute atomic E-state index is 13.5. The molecule has 0 saturated heterocycles. The summed E-state index contributed by atoms with van der Waals surface area (Å²) >= 11 is 0. The summed E-state index contributed by atoms with van der Waals surface area (Å²) in [5.74, 6) is 0.227. The number of ether oxygens (including phenoxy) is 3. The molecule has 3 aromatic rings. The predicted molar refractivity (Wildman–Crippen MR) is 189 cm³/mol. The van der Waals surface area contributed by atoms with Crippen molar-refractivity contribution in [3.05, 3.63) is 65.0 Å². The Hall–Kier alpha value is -4.69. The number of benzene rings is 2. The van der Waals surface area contributed by atoms with Crippen molar-refractivity contribution in [1.82, 2.24) is 35.8 Å². The van der Waals surface area contributed by atoms with E-state index in [4.69, 9.17) is 14.2 Å². The summed E-state index contributed by atoms with van der Waals surface area (Å²) in [4.78, 5) is 42.5. The van der Waals surface area contributed by atoms with Gasteiger partial charge in [0.2, 0.25) is 11.8 Å². The summed E-state index contributed by atoms with van der Waals surface area (Å²) in [6, 6.07) is 9.01. The molecule has 2 aliphatic rings. The zero-order valence-corrected chi connectivity index (χ0v) is 30.0. The molecule has 0 aliphatic carbocycles. The van der Waals surface area contributed by atoms with E-state index >= 15 is 0 Å². The monoisotopic (exact) mass is 705 g/mol. The first kappa shape index (κ1) is 37.6. The quantitative estimate of drug-likeness (QED) is 0.299. The second-order valence-corrected chi connectivity index (χ2v) is 13.7. The topological polar surface area (TPSA) is 169 Å². The molecule has 4 N–H and O–H groups in total. The fourth-order valence-corrected chi connectivity index (χ4v) is 6.30. The molecule has 51 heavy (non-hydrogen) atoms. The number of amides is 3. The van der Waals surface area contributed by atoms with Crippen LogP contribution in [-0.2, 0) is 35.7 Å². The molecule has 3 heterocycles. The van der Waals surface area contributed by atoms with Gasteiger partial charge in [-0.1, -0.05) is 31.2 Å². The van der Waals surface area contributed by atoms with E-state index in [9.17, 15) is 19.5 Å². The van der Waals surface area contributed by atoms with E-state index in [-0.39, 0.29) is 18.1 Å². The molecule has 0 spiro atoms. The van der Waals surface area contributed by atoms with Crippen LogP contribution >= 0.6 is 0 Å². The van der Waals surface area contributed by atoms with E-state index in [0.29, 0.717) is 49.7 Å². The summed E-state index contributed by atoms with van der Waals surface area (Å²) < 4.78 is 19.0. The van der Waals surface area contributed by atoms with Crippen molar-refractivity contribution >= 4 is 17.7 Å². The zero-order chi connectivity index (χ0) is 36.3. The maximum atomic E-state index is 13.5. The minimum absolute atomic E-state index is 0.0474. The number of carbonyl (C=O) groups is 3. The van der Waals surface area contributed by atoms with Gasteiger partial charge in [-0.05, 0) is 80.5 Å². The Morgan fingerprint density at radius 2 is 1.78 bits per heavy atom. The van der Waals surface area contributed by atoms with Crippen molar-refractivity contribution in [1.29, 1.82) is 0 Å². The molecule has 2 aromatic carbocycles.